The van der Waals surface area contributed by atoms with Gasteiger partial charge in [0.05, 0.1) is 5.75 Å². The number of rotatable bonds is 4. The van der Waals surface area contributed by atoms with Gasteiger partial charge in [-0.3, -0.25) is 4.68 Å². The third-order valence-corrected chi connectivity index (χ3v) is 2.49. The Morgan fingerprint density at radius 3 is 2.63 bits per heavy atom. The number of halogens is 4. The number of hydrogen-bond donors (Lipinski definition) is 0. The Hall–Kier alpha value is -2.06. The summed E-state index contributed by atoms with van der Waals surface area (Å²) in [5, 5.41) is 3.76. The molecule has 2 aromatic rings. The molecule has 102 valence electrons. The minimum atomic E-state index is -5.34. The maximum absolute atomic E-state index is 12.9. The molecule has 1 aromatic heterocycles. The molecule has 2 rings (SSSR count). The molecule has 0 amide bonds. The lowest BCUT2D eigenvalue weighted by atomic mass is 9.79. The van der Waals surface area contributed by atoms with Crippen LogP contribution in [0.25, 0.3) is 0 Å². The number of aryl methyl sites for hydroxylation is 1. The topological polar surface area (TPSA) is 39.9 Å². The van der Waals surface area contributed by atoms with E-state index in [1.54, 1.807) is 7.05 Å². The van der Waals surface area contributed by atoms with Crippen LogP contribution in [0.5, 0.6) is 5.75 Å². The van der Waals surface area contributed by atoms with Gasteiger partial charge in [0.1, 0.15) is 18.8 Å². The first-order valence-corrected chi connectivity index (χ1v) is 5.33. The van der Waals surface area contributed by atoms with Crippen molar-refractivity contribution in [3.63, 3.8) is 0 Å². The number of hydrogen-bond acceptors (Lipinski definition) is 3. The molecule has 0 aliphatic carbocycles. The van der Waals surface area contributed by atoms with Crippen molar-refractivity contribution in [1.82, 2.24) is 14.8 Å². The summed E-state index contributed by atoms with van der Waals surface area (Å²) in [6.07, 6.45) is 1.26. The highest BCUT2D eigenvalue weighted by Gasteiger charge is 2.30. The molecular weight excluding hydrogens is 265 g/mol. The van der Waals surface area contributed by atoms with E-state index in [0.717, 1.165) is 12.1 Å². The Balaban J connectivity index is 2.23. The molecule has 0 N–H and O–H groups in total. The highest BCUT2D eigenvalue weighted by Crippen LogP contribution is 2.19. The molecule has 1 aromatic carbocycles. The smallest absolute Gasteiger partial charge is 0.489 e. The SMILES string of the molecule is Cn1ncnc1COc1ccc(F)cc1[B-](F)(F)F. The molecule has 0 fully saturated rings. The van der Waals surface area contributed by atoms with Crippen LogP contribution in [-0.4, -0.2) is 21.7 Å². The molecule has 19 heavy (non-hydrogen) atoms. The van der Waals surface area contributed by atoms with Gasteiger partial charge >= 0.3 is 6.98 Å². The van der Waals surface area contributed by atoms with Crippen molar-refractivity contribution in [1.29, 1.82) is 0 Å². The molecule has 0 aliphatic heterocycles. The van der Waals surface area contributed by atoms with Gasteiger partial charge in [0.15, 0.2) is 5.82 Å². The fourth-order valence-corrected chi connectivity index (χ4v) is 1.50. The Bertz CT molecular complexity index is 584. The van der Waals surface area contributed by atoms with E-state index >= 15 is 0 Å². The maximum atomic E-state index is 12.9. The minimum Gasteiger partial charge on any atom is -0.489 e. The molecule has 0 saturated carbocycles. The first kappa shape index (κ1) is 13.4. The molecule has 0 saturated heterocycles. The molecule has 9 heteroatoms. The Labute approximate surface area is 106 Å². The monoisotopic (exact) mass is 274 g/mol. The van der Waals surface area contributed by atoms with Gasteiger partial charge in [-0.1, -0.05) is 5.46 Å². The number of nitrogens with zero attached hydrogens (tertiary/aromatic N) is 3. The Kier molecular flexibility index (Phi) is 3.45. The Morgan fingerprint density at radius 1 is 1.32 bits per heavy atom. The third kappa shape index (κ3) is 3.04. The fourth-order valence-electron chi connectivity index (χ4n) is 1.50. The van der Waals surface area contributed by atoms with Crippen LogP contribution < -0.4 is 10.2 Å². The van der Waals surface area contributed by atoms with Gasteiger partial charge in [0.2, 0.25) is 0 Å². The second kappa shape index (κ2) is 4.91. The summed E-state index contributed by atoms with van der Waals surface area (Å²) < 4.78 is 57.6. The molecule has 1 heterocycles. The number of ether oxygens (including phenoxy) is 1. The van der Waals surface area contributed by atoms with Crippen molar-refractivity contribution < 1.29 is 22.1 Å². The lowest BCUT2D eigenvalue weighted by Crippen LogP contribution is -2.35. The highest BCUT2D eigenvalue weighted by molar-refractivity contribution is 6.74. The second-order valence-electron chi connectivity index (χ2n) is 3.85. The first-order valence-electron chi connectivity index (χ1n) is 5.33. The van der Waals surface area contributed by atoms with Gasteiger partial charge in [0.25, 0.3) is 0 Å². The van der Waals surface area contributed by atoms with Gasteiger partial charge in [-0.2, -0.15) is 5.10 Å². The maximum Gasteiger partial charge on any atom is 0.513 e. The largest absolute Gasteiger partial charge is 0.513 e. The van der Waals surface area contributed by atoms with Gasteiger partial charge in [-0.05, 0) is 18.2 Å². The van der Waals surface area contributed by atoms with Crippen molar-refractivity contribution in [2.45, 2.75) is 6.61 Å². The minimum absolute atomic E-state index is 0.179. The van der Waals surface area contributed by atoms with Crippen LogP contribution in [-0.2, 0) is 13.7 Å². The summed E-state index contributed by atoms with van der Waals surface area (Å²) in [5.74, 6) is -1.01. The molecule has 0 atom stereocenters. The van der Waals surface area contributed by atoms with Crippen molar-refractivity contribution in [2.24, 2.45) is 7.05 Å². The Morgan fingerprint density at radius 2 is 2.05 bits per heavy atom. The quantitative estimate of drug-likeness (QED) is 0.627. The zero-order valence-electron chi connectivity index (χ0n) is 9.86. The second-order valence-corrected chi connectivity index (χ2v) is 3.85. The van der Waals surface area contributed by atoms with E-state index in [0.29, 0.717) is 11.9 Å². The zero-order chi connectivity index (χ0) is 14.0. The predicted octanol–water partition coefficient (Wildman–Crippen LogP) is 1.59. The van der Waals surface area contributed by atoms with Crippen molar-refractivity contribution in [3.05, 3.63) is 36.2 Å². The number of aromatic nitrogens is 3. The van der Waals surface area contributed by atoms with E-state index in [2.05, 4.69) is 10.1 Å². The summed E-state index contributed by atoms with van der Waals surface area (Å²) in [6, 6.07) is 2.29. The normalized spacial score (nSPS) is 11.6. The fraction of sp³-hybridized carbons (Fsp3) is 0.200. The van der Waals surface area contributed by atoms with E-state index in [1.807, 2.05) is 0 Å². The van der Waals surface area contributed by atoms with Crippen molar-refractivity contribution >= 4 is 12.4 Å². The summed E-state index contributed by atoms with van der Waals surface area (Å²) >= 11 is 0. The van der Waals surface area contributed by atoms with Gasteiger partial charge in [-0.15, -0.1) is 0 Å². The average Bonchev–Trinajstić information content (AvgIpc) is 2.72. The molecular formula is C10H9BF4N3O-. The van der Waals surface area contributed by atoms with Crippen LogP contribution in [0.3, 0.4) is 0 Å². The van der Waals surface area contributed by atoms with Gasteiger partial charge < -0.3 is 17.7 Å². The molecule has 0 aliphatic rings. The molecule has 0 bridgehead atoms. The summed E-state index contributed by atoms with van der Waals surface area (Å²) in [7, 11) is 1.59. The van der Waals surface area contributed by atoms with E-state index in [9.17, 15) is 17.3 Å². The number of benzene rings is 1. The molecule has 0 unspecified atom stereocenters. The van der Waals surface area contributed by atoms with Crippen LogP contribution in [0.2, 0.25) is 0 Å². The standard InChI is InChI=1S/C10H9BF4N3O/c1-18-10(16-6-17-18)5-19-9-3-2-7(12)4-8(9)11(13,14)15/h2-4,6H,5H2,1H3/q-1. The summed E-state index contributed by atoms with van der Waals surface area (Å²) in [4.78, 5) is 3.82. The lowest BCUT2D eigenvalue weighted by Gasteiger charge is -2.19. The van der Waals surface area contributed by atoms with E-state index < -0.39 is 24.0 Å². The van der Waals surface area contributed by atoms with E-state index in [4.69, 9.17) is 4.74 Å². The first-order chi connectivity index (χ1) is 8.88. The highest BCUT2D eigenvalue weighted by atomic mass is 19.4. The summed E-state index contributed by atoms with van der Waals surface area (Å²) in [5.41, 5.74) is -1.10. The van der Waals surface area contributed by atoms with E-state index in [1.165, 1.54) is 11.0 Å². The predicted molar refractivity (Wildman–Crippen MR) is 60.4 cm³/mol. The zero-order valence-corrected chi connectivity index (χ0v) is 9.86. The lowest BCUT2D eigenvalue weighted by molar-refractivity contribution is 0.290. The van der Waals surface area contributed by atoms with Crippen LogP contribution >= 0.6 is 0 Å². The van der Waals surface area contributed by atoms with Crippen molar-refractivity contribution in [3.8, 4) is 5.75 Å². The van der Waals surface area contributed by atoms with Crippen LogP contribution in [0.15, 0.2) is 24.5 Å². The van der Waals surface area contributed by atoms with E-state index in [-0.39, 0.29) is 6.61 Å². The van der Waals surface area contributed by atoms with Crippen molar-refractivity contribution in [2.75, 3.05) is 0 Å². The summed E-state index contributed by atoms with van der Waals surface area (Å²) in [6.45, 7) is -5.52. The third-order valence-electron chi connectivity index (χ3n) is 2.49. The van der Waals surface area contributed by atoms with Crippen LogP contribution in [0.1, 0.15) is 5.82 Å². The molecule has 0 radical (unpaired) electrons. The molecule has 0 spiro atoms. The molecule has 4 nitrogen and oxygen atoms in total. The van der Waals surface area contributed by atoms with Gasteiger partial charge in [-0.25, -0.2) is 9.37 Å². The van der Waals surface area contributed by atoms with Crippen LogP contribution in [0.4, 0.5) is 17.3 Å². The van der Waals surface area contributed by atoms with Gasteiger partial charge in [0, 0.05) is 7.05 Å². The van der Waals surface area contributed by atoms with Crippen LogP contribution in [0, 0.1) is 5.82 Å². The average molecular weight is 274 g/mol.